The van der Waals surface area contributed by atoms with Gasteiger partial charge in [0.25, 0.3) is 0 Å². The highest BCUT2D eigenvalue weighted by atomic mass is 14.6. The Bertz CT molecular complexity index is 164. The van der Waals surface area contributed by atoms with Crippen molar-refractivity contribution in [1.82, 2.24) is 0 Å². The van der Waals surface area contributed by atoms with E-state index in [0.717, 1.165) is 6.42 Å². The molecule has 0 unspecified atom stereocenters. The maximum atomic E-state index is 3.90. The Labute approximate surface area is 69.5 Å². The highest BCUT2D eigenvalue weighted by molar-refractivity contribution is 5.72. The van der Waals surface area contributed by atoms with Crippen LogP contribution in [0.1, 0.15) is 27.2 Å². The van der Waals surface area contributed by atoms with Gasteiger partial charge in [0.15, 0.2) is 0 Å². The molecule has 0 bridgehead atoms. The van der Waals surface area contributed by atoms with Gasteiger partial charge < -0.3 is 0 Å². The van der Waals surface area contributed by atoms with Gasteiger partial charge in [-0.25, -0.2) is 0 Å². The van der Waals surface area contributed by atoms with Gasteiger partial charge in [-0.2, -0.15) is 0 Å². The van der Waals surface area contributed by atoms with Crippen LogP contribution in [0.2, 0.25) is 0 Å². The number of rotatable bonds is 4. The third kappa shape index (κ3) is 4.54. The van der Waals surface area contributed by atoms with Gasteiger partial charge >= 0.3 is 0 Å². The molecule has 0 amide bonds. The molecule has 0 rings (SSSR count). The standard InChI is InChI=1S/C10H17N/c1-5-10(9(3)4)7-8-11-6-2/h6-9H,2,5H2,1,3-4H3/b10-7+,11-8?. The Hall–Kier alpha value is -0.850. The van der Waals surface area contributed by atoms with Gasteiger partial charge in [0, 0.05) is 12.4 Å². The summed E-state index contributed by atoms with van der Waals surface area (Å²) in [5.41, 5.74) is 1.43. The predicted molar refractivity (Wildman–Crippen MR) is 51.9 cm³/mol. The lowest BCUT2D eigenvalue weighted by molar-refractivity contribution is 0.734. The van der Waals surface area contributed by atoms with Crippen molar-refractivity contribution in [2.75, 3.05) is 0 Å². The van der Waals surface area contributed by atoms with E-state index in [-0.39, 0.29) is 0 Å². The average Bonchev–Trinajstić information content (AvgIpc) is 1.97. The second kappa shape index (κ2) is 5.90. The minimum absolute atomic E-state index is 0.622. The molecule has 0 aromatic heterocycles. The van der Waals surface area contributed by atoms with E-state index in [0.29, 0.717) is 5.92 Å². The Morgan fingerprint density at radius 2 is 2.18 bits per heavy atom. The molecule has 0 atom stereocenters. The van der Waals surface area contributed by atoms with Gasteiger partial charge in [-0.1, -0.05) is 32.9 Å². The van der Waals surface area contributed by atoms with Crippen molar-refractivity contribution in [1.29, 1.82) is 0 Å². The third-order valence-corrected chi connectivity index (χ3v) is 1.63. The fourth-order valence-corrected chi connectivity index (χ4v) is 0.918. The Kier molecular flexibility index (Phi) is 5.44. The fourth-order valence-electron chi connectivity index (χ4n) is 0.918. The predicted octanol–water partition coefficient (Wildman–Crippen LogP) is 3.19. The van der Waals surface area contributed by atoms with E-state index in [4.69, 9.17) is 0 Å². The van der Waals surface area contributed by atoms with Gasteiger partial charge in [-0.05, 0) is 18.4 Å². The van der Waals surface area contributed by atoms with Crippen LogP contribution in [0.4, 0.5) is 0 Å². The Balaban J connectivity index is 4.11. The van der Waals surface area contributed by atoms with Crippen LogP contribution in [0.25, 0.3) is 0 Å². The molecule has 0 aliphatic carbocycles. The molecule has 11 heavy (non-hydrogen) atoms. The second-order valence-electron chi connectivity index (χ2n) is 2.73. The first-order valence-corrected chi connectivity index (χ1v) is 4.05. The maximum Gasteiger partial charge on any atom is 0.0267 e. The number of nitrogens with zero attached hydrogens (tertiary/aromatic N) is 1. The molecule has 0 saturated carbocycles. The molecule has 62 valence electrons. The smallest absolute Gasteiger partial charge is 0.0267 e. The van der Waals surface area contributed by atoms with Crippen molar-refractivity contribution in [3.8, 4) is 0 Å². The van der Waals surface area contributed by atoms with Crippen LogP contribution >= 0.6 is 0 Å². The molecule has 0 aromatic rings. The molecule has 0 aliphatic heterocycles. The molecule has 0 fully saturated rings. The first kappa shape index (κ1) is 10.2. The SMILES string of the molecule is C=CN=C/C=C(\CC)C(C)C. The largest absolute Gasteiger partial charge is 0.265 e. The van der Waals surface area contributed by atoms with Gasteiger partial charge in [0.05, 0.1) is 0 Å². The minimum atomic E-state index is 0.622. The molecule has 0 radical (unpaired) electrons. The lowest BCUT2D eigenvalue weighted by Crippen LogP contribution is -1.92. The summed E-state index contributed by atoms with van der Waals surface area (Å²) in [4.78, 5) is 3.90. The van der Waals surface area contributed by atoms with Crippen LogP contribution in [0.3, 0.4) is 0 Å². The third-order valence-electron chi connectivity index (χ3n) is 1.63. The lowest BCUT2D eigenvalue weighted by Gasteiger charge is -2.05. The van der Waals surface area contributed by atoms with E-state index in [1.54, 1.807) is 12.4 Å². The van der Waals surface area contributed by atoms with E-state index >= 15 is 0 Å². The molecule has 0 saturated heterocycles. The fraction of sp³-hybridized carbons (Fsp3) is 0.500. The topological polar surface area (TPSA) is 12.4 Å². The van der Waals surface area contributed by atoms with E-state index < -0.39 is 0 Å². The van der Waals surface area contributed by atoms with Gasteiger partial charge in [0.2, 0.25) is 0 Å². The maximum absolute atomic E-state index is 3.90. The van der Waals surface area contributed by atoms with E-state index in [1.165, 1.54) is 5.57 Å². The zero-order valence-corrected chi connectivity index (χ0v) is 7.67. The van der Waals surface area contributed by atoms with Crippen LogP contribution in [0, 0.1) is 5.92 Å². The van der Waals surface area contributed by atoms with Crippen LogP contribution < -0.4 is 0 Å². The molecule has 1 heteroatoms. The van der Waals surface area contributed by atoms with Crippen LogP contribution in [-0.2, 0) is 0 Å². The summed E-state index contributed by atoms with van der Waals surface area (Å²) in [7, 11) is 0. The van der Waals surface area contributed by atoms with Crippen molar-refractivity contribution in [3.63, 3.8) is 0 Å². The van der Waals surface area contributed by atoms with Crippen LogP contribution in [-0.4, -0.2) is 6.21 Å². The summed E-state index contributed by atoms with van der Waals surface area (Å²) in [5.74, 6) is 0.622. The number of aliphatic imine (C=N–C) groups is 1. The molecular formula is C10H17N. The lowest BCUT2D eigenvalue weighted by atomic mass is 10.0. The van der Waals surface area contributed by atoms with Gasteiger partial charge in [0.1, 0.15) is 0 Å². The molecule has 0 N–H and O–H groups in total. The van der Waals surface area contributed by atoms with Crippen molar-refractivity contribution in [2.24, 2.45) is 10.9 Å². The minimum Gasteiger partial charge on any atom is -0.265 e. The molecule has 0 aromatic carbocycles. The van der Waals surface area contributed by atoms with Crippen LogP contribution in [0.5, 0.6) is 0 Å². The summed E-state index contributed by atoms with van der Waals surface area (Å²) in [6.45, 7) is 10.0. The van der Waals surface area contributed by atoms with Crippen molar-refractivity contribution < 1.29 is 0 Å². The van der Waals surface area contributed by atoms with E-state index in [2.05, 4.69) is 38.4 Å². The van der Waals surface area contributed by atoms with Crippen molar-refractivity contribution >= 4 is 6.21 Å². The van der Waals surface area contributed by atoms with Crippen molar-refractivity contribution in [3.05, 3.63) is 24.4 Å². The summed E-state index contributed by atoms with van der Waals surface area (Å²) >= 11 is 0. The van der Waals surface area contributed by atoms with E-state index in [9.17, 15) is 0 Å². The first-order chi connectivity index (χ1) is 5.22. The molecule has 0 aliphatic rings. The number of hydrogen-bond donors (Lipinski definition) is 0. The summed E-state index contributed by atoms with van der Waals surface area (Å²) in [6, 6.07) is 0. The van der Waals surface area contributed by atoms with Gasteiger partial charge in [-0.15, -0.1) is 0 Å². The molecule has 0 heterocycles. The zero-order valence-electron chi connectivity index (χ0n) is 7.67. The van der Waals surface area contributed by atoms with E-state index in [1.807, 2.05) is 0 Å². The monoisotopic (exact) mass is 151 g/mol. The zero-order chi connectivity index (χ0) is 8.69. The number of hydrogen-bond acceptors (Lipinski definition) is 1. The first-order valence-electron chi connectivity index (χ1n) is 4.05. The van der Waals surface area contributed by atoms with Crippen molar-refractivity contribution in [2.45, 2.75) is 27.2 Å². The Morgan fingerprint density at radius 3 is 2.55 bits per heavy atom. The quantitative estimate of drug-likeness (QED) is 0.547. The molecular weight excluding hydrogens is 134 g/mol. The summed E-state index contributed by atoms with van der Waals surface area (Å²) in [5, 5.41) is 0. The highest BCUT2D eigenvalue weighted by Gasteiger charge is 1.97. The summed E-state index contributed by atoms with van der Waals surface area (Å²) in [6.07, 6.45) is 6.50. The highest BCUT2D eigenvalue weighted by Crippen LogP contribution is 2.11. The normalized spacial score (nSPS) is 12.9. The molecule has 1 nitrogen and oxygen atoms in total. The summed E-state index contributed by atoms with van der Waals surface area (Å²) < 4.78 is 0. The van der Waals surface area contributed by atoms with Crippen LogP contribution in [0.15, 0.2) is 29.4 Å². The Morgan fingerprint density at radius 1 is 1.55 bits per heavy atom. The van der Waals surface area contributed by atoms with Gasteiger partial charge in [-0.3, -0.25) is 4.99 Å². The molecule has 0 spiro atoms. The number of allylic oxidation sites excluding steroid dienone is 2. The second-order valence-corrected chi connectivity index (χ2v) is 2.73. The average molecular weight is 151 g/mol.